The number of nitrogens with zero attached hydrogens (tertiary/aromatic N) is 1. The molecule has 0 rings (SSSR count). The van der Waals surface area contributed by atoms with Crippen LogP contribution in [0.4, 0.5) is 4.79 Å². The zero-order valence-electron chi connectivity index (χ0n) is 8.63. The Kier molecular flexibility index (Phi) is 4.72. The Hall–Kier alpha value is -0.810. The molecule has 0 aliphatic heterocycles. The summed E-state index contributed by atoms with van der Waals surface area (Å²) in [7, 11) is 1.55. The number of carbonyl (C=O) groups excluding carboxylic acids is 1. The number of aliphatic hydroxyl groups is 1. The molecule has 0 atom stereocenters. The van der Waals surface area contributed by atoms with Crippen LogP contribution in [0.15, 0.2) is 0 Å². The Morgan fingerprint density at radius 2 is 2.08 bits per heavy atom. The summed E-state index contributed by atoms with van der Waals surface area (Å²) in [5.74, 6) is 0. The van der Waals surface area contributed by atoms with Gasteiger partial charge in [0.15, 0.2) is 0 Å². The molecule has 0 saturated carbocycles. The molecule has 13 heavy (non-hydrogen) atoms. The molecule has 2 N–H and O–H groups in total. The Labute approximate surface area is 78.6 Å². The Bertz CT molecular complexity index is 165. The van der Waals surface area contributed by atoms with Gasteiger partial charge in [-0.3, -0.25) is 0 Å². The molecule has 0 aliphatic carbocycles. The molecular formula is C8H18N2O3. The molecule has 0 aromatic rings. The lowest BCUT2D eigenvalue weighted by Gasteiger charge is -2.24. The van der Waals surface area contributed by atoms with E-state index >= 15 is 0 Å². The van der Waals surface area contributed by atoms with E-state index in [2.05, 4.69) is 5.43 Å². The maximum absolute atomic E-state index is 11.2. The smallest absolute Gasteiger partial charge is 0.424 e. The summed E-state index contributed by atoms with van der Waals surface area (Å²) in [4.78, 5) is 11.2. The second-order valence-electron chi connectivity index (χ2n) is 3.67. The van der Waals surface area contributed by atoms with Crippen molar-refractivity contribution in [3.8, 4) is 0 Å². The van der Waals surface area contributed by atoms with Crippen molar-refractivity contribution in [2.45, 2.75) is 26.4 Å². The number of nitrogens with one attached hydrogen (secondary N) is 1. The molecule has 78 valence electrons. The topological polar surface area (TPSA) is 61.8 Å². The minimum atomic E-state index is -0.494. The van der Waals surface area contributed by atoms with E-state index < -0.39 is 11.7 Å². The molecule has 0 aliphatic rings. The molecule has 0 heterocycles. The SMILES string of the molecule is CN(NCCO)C(=O)OC(C)(C)C. The van der Waals surface area contributed by atoms with Crippen molar-refractivity contribution in [1.29, 1.82) is 0 Å². The number of hydrogen-bond donors (Lipinski definition) is 2. The predicted octanol–water partition coefficient (Wildman–Crippen LogP) is 0.350. The van der Waals surface area contributed by atoms with E-state index in [-0.39, 0.29) is 6.61 Å². The first-order valence-electron chi connectivity index (χ1n) is 4.18. The van der Waals surface area contributed by atoms with Crippen molar-refractivity contribution < 1.29 is 14.6 Å². The minimum absolute atomic E-state index is 0.0207. The fraction of sp³-hybridized carbons (Fsp3) is 0.875. The average Bonchev–Trinajstić information content (AvgIpc) is 1.96. The molecule has 0 aromatic carbocycles. The van der Waals surface area contributed by atoms with E-state index in [1.54, 1.807) is 27.8 Å². The minimum Gasteiger partial charge on any atom is -0.443 e. The van der Waals surface area contributed by atoms with Crippen molar-refractivity contribution in [3.05, 3.63) is 0 Å². The van der Waals surface area contributed by atoms with Crippen LogP contribution in [0.5, 0.6) is 0 Å². The molecule has 0 saturated heterocycles. The van der Waals surface area contributed by atoms with Crippen LogP contribution in [0.1, 0.15) is 20.8 Å². The molecule has 0 radical (unpaired) electrons. The van der Waals surface area contributed by atoms with Crippen LogP contribution in [-0.2, 0) is 4.74 Å². The van der Waals surface area contributed by atoms with Crippen LogP contribution < -0.4 is 5.43 Å². The van der Waals surface area contributed by atoms with Crippen LogP contribution in [0.25, 0.3) is 0 Å². The van der Waals surface area contributed by atoms with E-state index in [0.717, 1.165) is 0 Å². The number of carbonyl (C=O) groups is 1. The molecule has 0 fully saturated rings. The first kappa shape index (κ1) is 12.2. The monoisotopic (exact) mass is 190 g/mol. The van der Waals surface area contributed by atoms with Crippen molar-refractivity contribution in [3.63, 3.8) is 0 Å². The van der Waals surface area contributed by atoms with E-state index in [1.807, 2.05) is 0 Å². The highest BCUT2D eigenvalue weighted by Crippen LogP contribution is 2.07. The van der Waals surface area contributed by atoms with Gasteiger partial charge >= 0.3 is 6.09 Å². The highest BCUT2D eigenvalue weighted by atomic mass is 16.6. The van der Waals surface area contributed by atoms with Crippen LogP contribution in [0, 0.1) is 0 Å². The molecule has 5 heteroatoms. The van der Waals surface area contributed by atoms with Gasteiger partial charge in [0, 0.05) is 13.6 Å². The Balaban J connectivity index is 3.83. The second kappa shape index (κ2) is 5.04. The fourth-order valence-corrected chi connectivity index (χ4v) is 0.613. The predicted molar refractivity (Wildman–Crippen MR) is 49.1 cm³/mol. The largest absolute Gasteiger partial charge is 0.443 e. The first-order chi connectivity index (χ1) is 5.87. The molecule has 0 bridgehead atoms. The fourth-order valence-electron chi connectivity index (χ4n) is 0.613. The summed E-state index contributed by atoms with van der Waals surface area (Å²) < 4.78 is 5.04. The van der Waals surface area contributed by atoms with Crippen LogP contribution in [0.2, 0.25) is 0 Å². The van der Waals surface area contributed by atoms with Gasteiger partial charge in [-0.05, 0) is 20.8 Å². The summed E-state index contributed by atoms with van der Waals surface area (Å²) in [6, 6.07) is 0. The van der Waals surface area contributed by atoms with Gasteiger partial charge in [-0.1, -0.05) is 0 Å². The summed E-state index contributed by atoms with van der Waals surface area (Å²) in [5.41, 5.74) is 2.17. The van der Waals surface area contributed by atoms with E-state index in [9.17, 15) is 4.79 Å². The van der Waals surface area contributed by atoms with Gasteiger partial charge in [-0.2, -0.15) is 0 Å². The number of rotatable bonds is 3. The molecule has 0 spiro atoms. The highest BCUT2D eigenvalue weighted by molar-refractivity contribution is 5.67. The standard InChI is InChI=1S/C8H18N2O3/c1-8(2,3)13-7(12)10(4)9-5-6-11/h9,11H,5-6H2,1-4H3. The van der Waals surface area contributed by atoms with Crippen molar-refractivity contribution in [1.82, 2.24) is 10.4 Å². The van der Waals surface area contributed by atoms with Gasteiger partial charge in [0.2, 0.25) is 0 Å². The maximum atomic E-state index is 11.2. The summed E-state index contributed by atoms with van der Waals surface area (Å²) in [6.45, 7) is 5.70. The lowest BCUT2D eigenvalue weighted by Crippen LogP contribution is -2.43. The van der Waals surface area contributed by atoms with Crippen LogP contribution in [0.3, 0.4) is 0 Å². The lowest BCUT2D eigenvalue weighted by atomic mass is 10.2. The first-order valence-corrected chi connectivity index (χ1v) is 4.18. The third-order valence-electron chi connectivity index (χ3n) is 1.13. The summed E-state index contributed by atoms with van der Waals surface area (Å²) >= 11 is 0. The van der Waals surface area contributed by atoms with E-state index in [4.69, 9.17) is 9.84 Å². The summed E-state index contributed by atoms with van der Waals surface area (Å²) in [6.07, 6.45) is -0.457. The zero-order chi connectivity index (χ0) is 10.5. The number of ether oxygens (including phenoxy) is 1. The number of aliphatic hydroxyl groups excluding tert-OH is 1. The third-order valence-corrected chi connectivity index (χ3v) is 1.13. The van der Waals surface area contributed by atoms with Crippen molar-refractivity contribution in [2.24, 2.45) is 0 Å². The van der Waals surface area contributed by atoms with Gasteiger partial charge in [0.05, 0.1) is 6.61 Å². The second-order valence-corrected chi connectivity index (χ2v) is 3.67. The molecule has 5 nitrogen and oxygen atoms in total. The van der Waals surface area contributed by atoms with Crippen LogP contribution in [-0.4, -0.2) is 42.0 Å². The van der Waals surface area contributed by atoms with Gasteiger partial charge in [-0.25, -0.2) is 15.2 Å². The summed E-state index contributed by atoms with van der Waals surface area (Å²) in [5, 5.41) is 9.70. The quantitative estimate of drug-likeness (QED) is 0.630. The molecule has 1 amide bonds. The van der Waals surface area contributed by atoms with Gasteiger partial charge in [-0.15, -0.1) is 0 Å². The average molecular weight is 190 g/mol. The third kappa shape index (κ3) is 6.36. The number of hydrogen-bond acceptors (Lipinski definition) is 4. The van der Waals surface area contributed by atoms with Crippen LogP contribution >= 0.6 is 0 Å². The van der Waals surface area contributed by atoms with Gasteiger partial charge < -0.3 is 9.84 Å². The van der Waals surface area contributed by atoms with Gasteiger partial charge in [0.1, 0.15) is 5.60 Å². The lowest BCUT2D eigenvalue weighted by molar-refractivity contribution is 0.0193. The zero-order valence-corrected chi connectivity index (χ0v) is 8.63. The molecular weight excluding hydrogens is 172 g/mol. The number of amides is 1. The normalized spacial score (nSPS) is 11.2. The van der Waals surface area contributed by atoms with E-state index in [0.29, 0.717) is 6.54 Å². The van der Waals surface area contributed by atoms with E-state index in [1.165, 1.54) is 5.01 Å². The van der Waals surface area contributed by atoms with Gasteiger partial charge in [0.25, 0.3) is 0 Å². The Morgan fingerprint density at radius 1 is 1.54 bits per heavy atom. The molecule has 0 aromatic heterocycles. The molecule has 0 unspecified atom stereocenters. The van der Waals surface area contributed by atoms with Crippen molar-refractivity contribution in [2.75, 3.05) is 20.2 Å². The highest BCUT2D eigenvalue weighted by Gasteiger charge is 2.18. The van der Waals surface area contributed by atoms with Crippen molar-refractivity contribution >= 4 is 6.09 Å². The number of hydrazine groups is 1. The Morgan fingerprint density at radius 3 is 2.46 bits per heavy atom. The maximum Gasteiger partial charge on any atom is 0.424 e.